The molecule has 0 radical (unpaired) electrons. The van der Waals surface area contributed by atoms with E-state index < -0.39 is 65.9 Å². The molecule has 0 spiro atoms. The number of hydrogen-bond donors (Lipinski definition) is 3. The van der Waals surface area contributed by atoms with E-state index in [1.54, 1.807) is 30.9 Å². The number of carbonyl (C=O) groups is 7. The van der Waals surface area contributed by atoms with Crippen LogP contribution in [0.25, 0.3) is 0 Å². The molecule has 3 N–H and O–H groups in total. The fourth-order valence-corrected chi connectivity index (χ4v) is 9.03. The zero-order chi connectivity index (χ0) is 52.8. The van der Waals surface area contributed by atoms with Crippen LogP contribution in [0.2, 0.25) is 0 Å². The minimum Gasteiger partial charge on any atom is -0.379 e. The van der Waals surface area contributed by atoms with E-state index in [0.717, 1.165) is 16.9 Å². The van der Waals surface area contributed by atoms with Gasteiger partial charge in [0.25, 0.3) is 11.8 Å². The van der Waals surface area contributed by atoms with E-state index in [-0.39, 0.29) is 94.9 Å². The molecule has 3 rings (SSSR count). The first-order valence-corrected chi connectivity index (χ1v) is 24.9. The quantitative estimate of drug-likeness (QED) is 0.0433. The number of likely N-dealkylation sites (N-methyl/N-ethyl adjacent to an activating group) is 1. The normalized spacial score (nSPS) is 17.5. The molecule has 398 valence electrons. The van der Waals surface area contributed by atoms with Crippen molar-refractivity contribution in [1.82, 2.24) is 40.4 Å². The topological polar surface area (TPSA) is 221 Å². The van der Waals surface area contributed by atoms with Crippen LogP contribution < -0.4 is 16.0 Å². The van der Waals surface area contributed by atoms with Crippen LogP contribution >= 0.6 is 0 Å². The van der Waals surface area contributed by atoms with E-state index in [9.17, 15) is 33.6 Å². The van der Waals surface area contributed by atoms with Crippen molar-refractivity contribution >= 4 is 47.3 Å². The van der Waals surface area contributed by atoms with Gasteiger partial charge in [-0.2, -0.15) is 0 Å². The smallest absolute Gasteiger partial charge is 0.253 e. The molecule has 0 aromatic heterocycles. The van der Waals surface area contributed by atoms with Crippen LogP contribution in [0, 0.1) is 17.8 Å². The highest BCUT2D eigenvalue weighted by Crippen LogP contribution is 2.30. The lowest BCUT2D eigenvalue weighted by atomic mass is 9.89. The van der Waals surface area contributed by atoms with E-state index in [0.29, 0.717) is 25.3 Å². The number of hydrogen-bond acceptors (Lipinski definition) is 12. The average molecular weight is 998 g/mol. The number of methoxy groups -OCH3 is 2. The van der Waals surface area contributed by atoms with Gasteiger partial charge in [0, 0.05) is 101 Å². The lowest BCUT2D eigenvalue weighted by Gasteiger charge is -2.40. The first-order chi connectivity index (χ1) is 33.8. The second-order valence-corrected chi connectivity index (χ2v) is 19.0. The van der Waals surface area contributed by atoms with Gasteiger partial charge in [-0.1, -0.05) is 71.4 Å². The molecule has 71 heavy (non-hydrogen) atoms. The Bertz CT molecular complexity index is 1920. The van der Waals surface area contributed by atoms with Crippen LogP contribution in [0.5, 0.6) is 0 Å². The van der Waals surface area contributed by atoms with Gasteiger partial charge in [-0.15, -0.1) is 0 Å². The summed E-state index contributed by atoms with van der Waals surface area (Å²) in [6.45, 7) is 11.6. The van der Waals surface area contributed by atoms with E-state index in [2.05, 4.69) is 29.8 Å². The average Bonchev–Trinajstić information content (AvgIpc) is 3.95. The predicted molar refractivity (Wildman–Crippen MR) is 270 cm³/mol. The van der Waals surface area contributed by atoms with Crippen molar-refractivity contribution in [3.05, 3.63) is 48.0 Å². The summed E-state index contributed by atoms with van der Waals surface area (Å²) in [5.41, 5.74) is 0.852. The Balaban J connectivity index is 1.60. The Morgan fingerprint density at radius 2 is 1.42 bits per heavy atom. The van der Waals surface area contributed by atoms with Crippen molar-refractivity contribution in [2.75, 3.05) is 102 Å². The number of carbonyl (C=O) groups excluding carboxylic acids is 7. The van der Waals surface area contributed by atoms with Crippen LogP contribution in [0.1, 0.15) is 72.3 Å². The van der Waals surface area contributed by atoms with Gasteiger partial charge in [0.1, 0.15) is 12.1 Å². The highest BCUT2D eigenvalue weighted by Gasteiger charge is 2.43. The summed E-state index contributed by atoms with van der Waals surface area (Å²) in [6.07, 6.45) is 3.33. The number of guanidine groups is 1. The second kappa shape index (κ2) is 30.4. The van der Waals surface area contributed by atoms with Gasteiger partial charge >= 0.3 is 0 Å². The maximum atomic E-state index is 14.4. The molecule has 0 bridgehead atoms. The maximum absolute atomic E-state index is 14.4. The van der Waals surface area contributed by atoms with Crippen molar-refractivity contribution in [2.45, 2.75) is 110 Å². The maximum Gasteiger partial charge on any atom is 0.253 e. The van der Waals surface area contributed by atoms with Gasteiger partial charge in [-0.05, 0) is 30.2 Å². The molecule has 7 amide bonds. The highest BCUT2D eigenvalue weighted by atomic mass is 16.5. The molecule has 0 aliphatic carbocycles. The molecule has 1 saturated heterocycles. The van der Waals surface area contributed by atoms with Crippen molar-refractivity contribution < 1.29 is 52.5 Å². The minimum atomic E-state index is -0.921. The Hall–Kier alpha value is -5.44. The summed E-state index contributed by atoms with van der Waals surface area (Å²) in [5, 5.41) is 8.52. The SMILES string of the molecule is CCC(C)C(C(CC(=O)N1CCC[C@H]1C(OC)C(C)C(=O)NC(Cc1ccccc1)C(=O)NCCOCCOCCNC(=O)CCN1C(=O)C=CC1=O)OC)N(C)C(=O)C(N=C(N(C)C)N(C)C)C(C)C. The van der Waals surface area contributed by atoms with Crippen molar-refractivity contribution in [1.29, 1.82) is 0 Å². The summed E-state index contributed by atoms with van der Waals surface area (Å²) in [6, 6.07) is 6.94. The van der Waals surface area contributed by atoms with Gasteiger partial charge in [-0.25, -0.2) is 4.99 Å². The largest absolute Gasteiger partial charge is 0.379 e. The molecule has 2 aliphatic rings. The first kappa shape index (κ1) is 59.9. The number of nitrogens with one attached hydrogen (secondary N) is 3. The third-order valence-electron chi connectivity index (χ3n) is 13.1. The molecule has 1 aromatic carbocycles. The number of ether oxygens (including phenoxy) is 4. The van der Waals surface area contributed by atoms with Gasteiger partial charge in [0.2, 0.25) is 29.5 Å². The summed E-state index contributed by atoms with van der Waals surface area (Å²) in [4.78, 5) is 105. The van der Waals surface area contributed by atoms with Gasteiger partial charge in [0.05, 0.1) is 63.1 Å². The van der Waals surface area contributed by atoms with Crippen molar-refractivity contribution in [3.8, 4) is 0 Å². The Morgan fingerprint density at radius 3 is 1.97 bits per heavy atom. The van der Waals surface area contributed by atoms with Gasteiger partial charge < -0.3 is 54.5 Å². The number of rotatable bonds is 30. The van der Waals surface area contributed by atoms with Crippen LogP contribution in [-0.2, 0) is 58.9 Å². The molecule has 1 fully saturated rings. The Labute approximate surface area is 421 Å². The zero-order valence-electron chi connectivity index (χ0n) is 44.3. The molecule has 1 aromatic rings. The standard InChI is InChI=1S/C51H83N9O11/c1-13-35(4)46(58(10)50(67)45(34(2)3)55-51(56(6)7)57(8)9)40(68-11)33-44(64)59-26-17-20-39(59)47(69-12)36(5)48(65)54-38(32-37-18-15-14-16-19-37)49(66)53-25-29-71-31-30-70-28-24-52-41(61)23-27-60-42(62)21-22-43(60)63/h14-16,18-19,21-22,34-36,38-40,45-47H,13,17,20,23-33H2,1-12H3,(H,52,61)(H,53,66)(H,54,65)/t35?,36?,38?,39-,40?,45?,46?,47?/m0/s1. The molecular formula is C51H83N9O11. The molecule has 7 unspecified atom stereocenters. The Kier molecular flexibility index (Phi) is 25.7. The second-order valence-electron chi connectivity index (χ2n) is 19.0. The number of benzene rings is 1. The summed E-state index contributed by atoms with van der Waals surface area (Å²) in [5.74, 6) is -2.47. The molecule has 2 heterocycles. The molecule has 8 atom stereocenters. The third kappa shape index (κ3) is 18.3. The summed E-state index contributed by atoms with van der Waals surface area (Å²) < 4.78 is 23.3. The van der Waals surface area contributed by atoms with Crippen LogP contribution in [-0.4, -0.2) is 210 Å². The highest BCUT2D eigenvalue weighted by molar-refractivity contribution is 6.13. The van der Waals surface area contributed by atoms with E-state index in [4.69, 9.17) is 23.9 Å². The molecule has 20 heteroatoms. The molecule has 0 saturated carbocycles. The minimum absolute atomic E-state index is 0.00597. The fourth-order valence-electron chi connectivity index (χ4n) is 9.03. The summed E-state index contributed by atoms with van der Waals surface area (Å²) >= 11 is 0. The number of aliphatic imine (C=N–C) groups is 1. The number of likely N-dealkylation sites (tertiary alicyclic amines) is 1. The van der Waals surface area contributed by atoms with Crippen LogP contribution in [0.4, 0.5) is 0 Å². The predicted octanol–water partition coefficient (Wildman–Crippen LogP) is 1.72. The van der Waals surface area contributed by atoms with E-state index in [1.165, 1.54) is 19.3 Å². The van der Waals surface area contributed by atoms with Crippen LogP contribution in [0.15, 0.2) is 47.5 Å². The lowest BCUT2D eigenvalue weighted by Crippen LogP contribution is -2.55. The zero-order valence-corrected chi connectivity index (χ0v) is 44.3. The third-order valence-corrected chi connectivity index (χ3v) is 13.1. The van der Waals surface area contributed by atoms with Crippen molar-refractivity contribution in [3.63, 3.8) is 0 Å². The first-order valence-electron chi connectivity index (χ1n) is 24.9. The fraction of sp³-hybridized carbons (Fsp3) is 0.686. The molecule has 20 nitrogen and oxygen atoms in total. The van der Waals surface area contributed by atoms with Crippen LogP contribution in [0.3, 0.4) is 0 Å². The lowest BCUT2D eigenvalue weighted by molar-refractivity contribution is -0.146. The van der Waals surface area contributed by atoms with Gasteiger partial charge in [0.15, 0.2) is 5.96 Å². The van der Waals surface area contributed by atoms with E-state index in [1.807, 2.05) is 82.2 Å². The molecule has 2 aliphatic heterocycles. The Morgan fingerprint density at radius 1 is 0.817 bits per heavy atom. The van der Waals surface area contributed by atoms with E-state index >= 15 is 0 Å². The number of imide groups is 1. The monoisotopic (exact) mass is 998 g/mol. The number of nitrogens with zero attached hydrogens (tertiary/aromatic N) is 6. The number of amides is 7. The molecular weight excluding hydrogens is 915 g/mol. The van der Waals surface area contributed by atoms with Gasteiger partial charge in [-0.3, -0.25) is 38.5 Å². The summed E-state index contributed by atoms with van der Waals surface area (Å²) in [7, 11) is 12.4. The van der Waals surface area contributed by atoms with Crippen molar-refractivity contribution in [2.24, 2.45) is 22.7 Å².